The molecule has 1 aliphatic rings. The van der Waals surface area contributed by atoms with Crippen molar-refractivity contribution in [3.63, 3.8) is 0 Å². The zero-order valence-electron chi connectivity index (χ0n) is 13.0. The molecule has 0 atom stereocenters. The third kappa shape index (κ3) is 3.39. The number of rotatable bonds is 4. The fourth-order valence-electron chi connectivity index (χ4n) is 2.82. The molecule has 20 heavy (non-hydrogen) atoms. The molecule has 0 radical (unpaired) electrons. The maximum Gasteiger partial charge on any atom is 0.271 e. The van der Waals surface area contributed by atoms with Crippen LogP contribution in [0.5, 0.6) is 0 Å². The van der Waals surface area contributed by atoms with Crippen molar-refractivity contribution < 1.29 is 4.79 Å². The third-order valence-corrected chi connectivity index (χ3v) is 4.11. The minimum Gasteiger partial charge on any atom is -0.349 e. The fourth-order valence-corrected chi connectivity index (χ4v) is 2.82. The Kier molecular flexibility index (Phi) is 4.48. The average Bonchev–Trinajstić information content (AvgIpc) is 2.76. The number of carbonyl (C=O) groups is 1. The van der Waals surface area contributed by atoms with Gasteiger partial charge in [0.1, 0.15) is 11.5 Å². The van der Waals surface area contributed by atoms with Gasteiger partial charge in [0.25, 0.3) is 5.91 Å². The van der Waals surface area contributed by atoms with Crippen LogP contribution in [0.2, 0.25) is 0 Å². The molecule has 1 saturated heterocycles. The number of H-pyrrole nitrogens is 1. The van der Waals surface area contributed by atoms with Gasteiger partial charge >= 0.3 is 0 Å². The first-order chi connectivity index (χ1) is 9.40. The van der Waals surface area contributed by atoms with Crippen LogP contribution in [-0.4, -0.2) is 45.9 Å². The van der Waals surface area contributed by atoms with E-state index in [9.17, 15) is 4.79 Å². The summed E-state index contributed by atoms with van der Waals surface area (Å²) < 4.78 is 0. The number of carbonyl (C=O) groups excluding carboxylic acids is 1. The average molecular weight is 278 g/mol. The largest absolute Gasteiger partial charge is 0.349 e. The molecule has 1 amide bonds. The van der Waals surface area contributed by atoms with Crippen molar-refractivity contribution in [2.75, 3.05) is 19.6 Å². The quantitative estimate of drug-likeness (QED) is 0.886. The van der Waals surface area contributed by atoms with Gasteiger partial charge in [0.05, 0.1) is 0 Å². The van der Waals surface area contributed by atoms with E-state index in [4.69, 9.17) is 0 Å². The number of aryl methyl sites for hydroxylation is 2. The summed E-state index contributed by atoms with van der Waals surface area (Å²) in [6.45, 7) is 11.0. The summed E-state index contributed by atoms with van der Waals surface area (Å²) in [5.41, 5.74) is 1.34. The molecule has 1 fully saturated rings. The first kappa shape index (κ1) is 15.0. The lowest BCUT2D eigenvalue weighted by Crippen LogP contribution is -2.53. The molecule has 0 aliphatic carbocycles. The Balaban J connectivity index is 1.93. The zero-order valence-corrected chi connectivity index (χ0v) is 13.0. The molecule has 0 saturated carbocycles. The van der Waals surface area contributed by atoms with Gasteiger partial charge in [-0.2, -0.15) is 0 Å². The summed E-state index contributed by atoms with van der Waals surface area (Å²) in [4.78, 5) is 22.0. The number of hydrogen-bond donors (Lipinski definition) is 2. The van der Waals surface area contributed by atoms with Gasteiger partial charge in [-0.05, 0) is 53.6 Å². The predicted octanol–water partition coefficient (Wildman–Crippen LogP) is 2.02. The number of aromatic amines is 1. The van der Waals surface area contributed by atoms with E-state index in [0.717, 1.165) is 24.6 Å². The Morgan fingerprint density at radius 2 is 1.95 bits per heavy atom. The van der Waals surface area contributed by atoms with Gasteiger partial charge in [0.2, 0.25) is 0 Å². The van der Waals surface area contributed by atoms with Crippen molar-refractivity contribution in [2.45, 2.75) is 52.5 Å². The van der Waals surface area contributed by atoms with Gasteiger partial charge < -0.3 is 10.3 Å². The molecule has 0 unspecified atom stereocenters. The third-order valence-electron chi connectivity index (χ3n) is 4.11. The molecule has 1 aliphatic heterocycles. The standard InChI is InChI=1S/C15H26N4O/c1-11-13(18-12(2)17-11)14(20)16-10-15(3,4)19-8-6-5-7-9-19/h5-10H2,1-4H3,(H,16,20)(H,17,18). The number of piperidine rings is 1. The maximum absolute atomic E-state index is 12.2. The maximum atomic E-state index is 12.2. The van der Waals surface area contributed by atoms with Crippen LogP contribution >= 0.6 is 0 Å². The molecular formula is C15H26N4O. The molecule has 5 nitrogen and oxygen atoms in total. The lowest BCUT2D eigenvalue weighted by Gasteiger charge is -2.41. The number of hydrogen-bond acceptors (Lipinski definition) is 3. The Morgan fingerprint density at radius 1 is 1.30 bits per heavy atom. The molecule has 1 aromatic rings. The normalized spacial score (nSPS) is 17.2. The van der Waals surface area contributed by atoms with Crippen molar-refractivity contribution in [3.05, 3.63) is 17.2 Å². The summed E-state index contributed by atoms with van der Waals surface area (Å²) in [6, 6.07) is 0. The van der Waals surface area contributed by atoms with Crippen LogP contribution in [0, 0.1) is 13.8 Å². The second kappa shape index (κ2) is 5.95. The molecule has 0 bridgehead atoms. The Hall–Kier alpha value is -1.36. The molecule has 2 heterocycles. The van der Waals surface area contributed by atoms with Gasteiger partial charge in [-0.25, -0.2) is 4.98 Å². The fraction of sp³-hybridized carbons (Fsp3) is 0.733. The topological polar surface area (TPSA) is 61.0 Å². The Labute approximate surface area is 121 Å². The first-order valence-corrected chi connectivity index (χ1v) is 7.46. The lowest BCUT2D eigenvalue weighted by atomic mass is 9.98. The van der Waals surface area contributed by atoms with Gasteiger partial charge in [-0.15, -0.1) is 0 Å². The van der Waals surface area contributed by atoms with Crippen molar-refractivity contribution in [1.82, 2.24) is 20.2 Å². The first-order valence-electron chi connectivity index (χ1n) is 7.46. The van der Waals surface area contributed by atoms with E-state index in [2.05, 4.69) is 34.0 Å². The van der Waals surface area contributed by atoms with Gasteiger partial charge in [-0.3, -0.25) is 9.69 Å². The van der Waals surface area contributed by atoms with Crippen LogP contribution in [0.25, 0.3) is 0 Å². The van der Waals surface area contributed by atoms with Gasteiger partial charge in [0.15, 0.2) is 0 Å². The molecular weight excluding hydrogens is 252 g/mol. The van der Waals surface area contributed by atoms with Gasteiger partial charge in [-0.1, -0.05) is 6.42 Å². The molecule has 112 valence electrons. The lowest BCUT2D eigenvalue weighted by molar-refractivity contribution is 0.0794. The van der Waals surface area contributed by atoms with E-state index in [1.165, 1.54) is 19.3 Å². The molecule has 5 heteroatoms. The van der Waals surface area contributed by atoms with Crippen molar-refractivity contribution in [3.8, 4) is 0 Å². The SMILES string of the molecule is Cc1nc(C(=O)NCC(C)(C)N2CCCCC2)c(C)[nH]1. The molecule has 0 aromatic carbocycles. The smallest absolute Gasteiger partial charge is 0.271 e. The number of amides is 1. The van der Waals surface area contributed by atoms with E-state index in [1.807, 2.05) is 13.8 Å². The Morgan fingerprint density at radius 3 is 2.50 bits per heavy atom. The van der Waals surface area contributed by atoms with E-state index in [0.29, 0.717) is 12.2 Å². The summed E-state index contributed by atoms with van der Waals surface area (Å²) in [5, 5.41) is 3.03. The van der Waals surface area contributed by atoms with Crippen molar-refractivity contribution in [2.24, 2.45) is 0 Å². The van der Waals surface area contributed by atoms with Crippen LogP contribution in [0.15, 0.2) is 0 Å². The van der Waals surface area contributed by atoms with Crippen LogP contribution in [0.3, 0.4) is 0 Å². The highest BCUT2D eigenvalue weighted by Gasteiger charge is 2.28. The molecule has 1 aromatic heterocycles. The second-order valence-corrected chi connectivity index (χ2v) is 6.34. The number of aromatic nitrogens is 2. The van der Waals surface area contributed by atoms with E-state index in [1.54, 1.807) is 0 Å². The van der Waals surface area contributed by atoms with Gasteiger partial charge in [0, 0.05) is 17.8 Å². The molecule has 0 spiro atoms. The second-order valence-electron chi connectivity index (χ2n) is 6.34. The number of nitrogens with zero attached hydrogens (tertiary/aromatic N) is 2. The Bertz CT molecular complexity index is 472. The predicted molar refractivity (Wildman–Crippen MR) is 79.9 cm³/mol. The van der Waals surface area contributed by atoms with Crippen LogP contribution in [0.1, 0.15) is 55.1 Å². The molecule has 2 rings (SSSR count). The molecule has 2 N–H and O–H groups in total. The van der Waals surface area contributed by atoms with Crippen LogP contribution < -0.4 is 5.32 Å². The number of imidazole rings is 1. The highest BCUT2D eigenvalue weighted by molar-refractivity contribution is 5.93. The van der Waals surface area contributed by atoms with Crippen LogP contribution in [-0.2, 0) is 0 Å². The van der Waals surface area contributed by atoms with E-state index >= 15 is 0 Å². The van der Waals surface area contributed by atoms with Crippen molar-refractivity contribution >= 4 is 5.91 Å². The highest BCUT2D eigenvalue weighted by Crippen LogP contribution is 2.20. The monoisotopic (exact) mass is 278 g/mol. The van der Waals surface area contributed by atoms with Crippen LogP contribution in [0.4, 0.5) is 0 Å². The van der Waals surface area contributed by atoms with Crippen molar-refractivity contribution in [1.29, 1.82) is 0 Å². The summed E-state index contributed by atoms with van der Waals surface area (Å²) >= 11 is 0. The van der Waals surface area contributed by atoms with E-state index in [-0.39, 0.29) is 11.4 Å². The summed E-state index contributed by atoms with van der Waals surface area (Å²) in [5.74, 6) is 0.694. The summed E-state index contributed by atoms with van der Waals surface area (Å²) in [6.07, 6.45) is 3.84. The van der Waals surface area contributed by atoms with E-state index < -0.39 is 0 Å². The zero-order chi connectivity index (χ0) is 14.8. The summed E-state index contributed by atoms with van der Waals surface area (Å²) in [7, 11) is 0. The minimum atomic E-state index is -0.0862. The number of nitrogens with one attached hydrogen (secondary N) is 2. The highest BCUT2D eigenvalue weighted by atomic mass is 16.1. The number of likely N-dealkylation sites (tertiary alicyclic amines) is 1. The minimum absolute atomic E-state index is 0.00463.